The third kappa shape index (κ3) is 3.99. The van der Waals surface area contributed by atoms with E-state index in [1.807, 2.05) is 13.8 Å². The monoisotopic (exact) mass is 416 g/mol. The Hall–Kier alpha value is -3.03. The Bertz CT molecular complexity index is 1150. The molecule has 3 aromatic rings. The molecule has 6 nitrogen and oxygen atoms in total. The molecule has 3 rings (SSSR count). The van der Waals surface area contributed by atoms with Gasteiger partial charge < -0.3 is 4.90 Å². The third-order valence-corrected chi connectivity index (χ3v) is 5.22. The Morgan fingerprint density at radius 2 is 1.93 bits per heavy atom. The van der Waals surface area contributed by atoms with Gasteiger partial charge in [0.15, 0.2) is 5.65 Å². The van der Waals surface area contributed by atoms with E-state index in [-0.39, 0.29) is 17.7 Å². The quantitative estimate of drug-likeness (QED) is 0.635. The fourth-order valence-electron chi connectivity index (χ4n) is 3.54. The molecule has 0 aliphatic rings. The molecule has 0 spiro atoms. The summed E-state index contributed by atoms with van der Waals surface area (Å²) in [7, 11) is 0. The van der Waals surface area contributed by atoms with Gasteiger partial charge in [-0.1, -0.05) is 20.3 Å². The molecule has 0 radical (unpaired) electrons. The highest BCUT2D eigenvalue weighted by Gasteiger charge is 2.23. The van der Waals surface area contributed by atoms with Crippen LogP contribution in [0.1, 0.15) is 59.6 Å². The number of hydrogen-bond acceptors (Lipinski definition) is 3. The van der Waals surface area contributed by atoms with Crippen LogP contribution in [-0.2, 0) is 13.0 Å². The van der Waals surface area contributed by atoms with Crippen molar-refractivity contribution in [2.75, 3.05) is 6.54 Å². The van der Waals surface area contributed by atoms with Gasteiger partial charge in [-0.05, 0) is 44.9 Å². The summed E-state index contributed by atoms with van der Waals surface area (Å²) in [6, 6.07) is 2.85. The number of aromatic nitrogens is 3. The topological polar surface area (TPSA) is 70.5 Å². The standard InChI is InChI=1S/C22H26F2N4O2/c1-5-7-16-19(26-28-20(16)25-14(4)13(3)21(28)29)12-27(10-6-2)22(30)17-11-15(23)8-9-18(17)24/h8-9,11,26H,5-7,10,12H2,1-4H3. The maximum Gasteiger partial charge on any atom is 0.275 e. The lowest BCUT2D eigenvalue weighted by molar-refractivity contribution is 0.0735. The van der Waals surface area contributed by atoms with Crippen molar-refractivity contribution in [2.24, 2.45) is 0 Å². The molecule has 0 aliphatic carbocycles. The summed E-state index contributed by atoms with van der Waals surface area (Å²) >= 11 is 0. The minimum absolute atomic E-state index is 0.138. The van der Waals surface area contributed by atoms with Crippen LogP contribution in [0.5, 0.6) is 0 Å². The maximum absolute atomic E-state index is 14.2. The number of aromatic amines is 1. The summed E-state index contributed by atoms with van der Waals surface area (Å²) in [6.07, 6.45) is 2.13. The number of amides is 1. The first-order chi connectivity index (χ1) is 14.3. The Kier molecular flexibility index (Phi) is 6.34. The van der Waals surface area contributed by atoms with Gasteiger partial charge in [0, 0.05) is 23.4 Å². The minimum atomic E-state index is -0.767. The van der Waals surface area contributed by atoms with Crippen LogP contribution < -0.4 is 5.56 Å². The van der Waals surface area contributed by atoms with Gasteiger partial charge in [-0.25, -0.2) is 18.3 Å². The lowest BCUT2D eigenvalue weighted by Crippen LogP contribution is -2.32. The van der Waals surface area contributed by atoms with E-state index in [1.54, 1.807) is 13.8 Å². The fraction of sp³-hybridized carbons (Fsp3) is 0.409. The molecule has 0 unspecified atom stereocenters. The zero-order valence-electron chi connectivity index (χ0n) is 17.7. The summed E-state index contributed by atoms with van der Waals surface area (Å²) in [5, 5.41) is 3.09. The lowest BCUT2D eigenvalue weighted by atomic mass is 10.1. The van der Waals surface area contributed by atoms with Gasteiger partial charge in [-0.15, -0.1) is 0 Å². The molecule has 8 heteroatoms. The van der Waals surface area contributed by atoms with Crippen molar-refractivity contribution in [3.63, 3.8) is 0 Å². The summed E-state index contributed by atoms with van der Waals surface area (Å²) in [5.74, 6) is -2.03. The molecule has 160 valence electrons. The zero-order chi connectivity index (χ0) is 22.0. The number of aryl methyl sites for hydroxylation is 2. The van der Waals surface area contributed by atoms with E-state index < -0.39 is 17.5 Å². The number of halogens is 2. The second-order valence-corrected chi connectivity index (χ2v) is 7.46. The summed E-state index contributed by atoms with van der Waals surface area (Å²) in [4.78, 5) is 31.7. The van der Waals surface area contributed by atoms with Crippen LogP contribution >= 0.6 is 0 Å². The molecular formula is C22H26F2N4O2. The van der Waals surface area contributed by atoms with Crippen molar-refractivity contribution in [1.29, 1.82) is 0 Å². The molecule has 30 heavy (non-hydrogen) atoms. The predicted molar refractivity (Wildman–Crippen MR) is 111 cm³/mol. The van der Waals surface area contributed by atoms with Crippen LogP contribution in [0.2, 0.25) is 0 Å². The molecule has 0 atom stereocenters. The number of nitrogens with one attached hydrogen (secondary N) is 1. The number of nitrogens with zero attached hydrogens (tertiary/aromatic N) is 3. The van der Waals surface area contributed by atoms with Crippen LogP contribution in [0.3, 0.4) is 0 Å². The Balaban J connectivity index is 2.08. The van der Waals surface area contributed by atoms with Crippen LogP contribution in [0, 0.1) is 25.5 Å². The van der Waals surface area contributed by atoms with Crippen LogP contribution in [0.4, 0.5) is 8.78 Å². The summed E-state index contributed by atoms with van der Waals surface area (Å²) < 4.78 is 29.2. The molecule has 0 saturated heterocycles. The van der Waals surface area contributed by atoms with Gasteiger partial charge in [0.05, 0.1) is 17.8 Å². The van der Waals surface area contributed by atoms with Crippen molar-refractivity contribution in [1.82, 2.24) is 19.5 Å². The number of hydrogen-bond donors (Lipinski definition) is 1. The summed E-state index contributed by atoms with van der Waals surface area (Å²) in [5.41, 5.74) is 2.78. The van der Waals surface area contributed by atoms with Crippen molar-refractivity contribution in [3.05, 3.63) is 68.3 Å². The molecule has 1 N–H and O–H groups in total. The number of carbonyl (C=O) groups is 1. The van der Waals surface area contributed by atoms with Crippen molar-refractivity contribution >= 4 is 11.6 Å². The first-order valence-electron chi connectivity index (χ1n) is 10.1. The molecule has 1 amide bonds. The number of carbonyl (C=O) groups excluding carboxylic acids is 1. The predicted octanol–water partition coefficient (Wildman–Crippen LogP) is 3.92. The highest BCUT2D eigenvalue weighted by Crippen LogP contribution is 2.20. The average Bonchev–Trinajstić information content (AvgIpc) is 3.05. The summed E-state index contributed by atoms with van der Waals surface area (Å²) in [6.45, 7) is 7.92. The van der Waals surface area contributed by atoms with E-state index >= 15 is 0 Å². The molecule has 2 aromatic heterocycles. The SMILES string of the molecule is CCCc1c(CN(CCC)C(=O)c2cc(F)ccc2F)[nH]n2c(=O)c(C)c(C)nc12. The van der Waals surface area contributed by atoms with E-state index in [4.69, 9.17) is 0 Å². The third-order valence-electron chi connectivity index (χ3n) is 5.22. The van der Waals surface area contributed by atoms with Gasteiger partial charge in [0.25, 0.3) is 11.5 Å². The minimum Gasteiger partial charge on any atom is -0.333 e. The molecule has 2 heterocycles. The van der Waals surface area contributed by atoms with E-state index in [9.17, 15) is 18.4 Å². The number of fused-ring (bicyclic) bond motifs is 1. The zero-order valence-corrected chi connectivity index (χ0v) is 17.7. The molecule has 0 fully saturated rings. The van der Waals surface area contributed by atoms with Crippen LogP contribution in [0.25, 0.3) is 5.65 Å². The average molecular weight is 416 g/mol. The van der Waals surface area contributed by atoms with Crippen molar-refractivity contribution in [2.45, 2.75) is 53.5 Å². The Morgan fingerprint density at radius 1 is 1.20 bits per heavy atom. The van der Waals surface area contributed by atoms with Crippen LogP contribution in [0.15, 0.2) is 23.0 Å². The molecule has 0 aliphatic heterocycles. The Labute approximate surface area is 173 Å². The molecule has 1 aromatic carbocycles. The van der Waals surface area contributed by atoms with Crippen molar-refractivity contribution in [3.8, 4) is 0 Å². The smallest absolute Gasteiger partial charge is 0.275 e. The highest BCUT2D eigenvalue weighted by molar-refractivity contribution is 5.94. The van der Waals surface area contributed by atoms with E-state index in [0.29, 0.717) is 42.0 Å². The maximum atomic E-state index is 14.2. The lowest BCUT2D eigenvalue weighted by Gasteiger charge is -2.22. The molecular weight excluding hydrogens is 390 g/mol. The number of rotatable bonds is 7. The molecule has 0 bridgehead atoms. The number of benzene rings is 1. The van der Waals surface area contributed by atoms with E-state index in [1.165, 1.54) is 9.42 Å². The number of H-pyrrole nitrogens is 1. The first-order valence-corrected chi connectivity index (χ1v) is 10.1. The van der Waals surface area contributed by atoms with Gasteiger partial charge >= 0.3 is 0 Å². The molecule has 0 saturated carbocycles. The highest BCUT2D eigenvalue weighted by atomic mass is 19.1. The Morgan fingerprint density at radius 3 is 2.60 bits per heavy atom. The van der Waals surface area contributed by atoms with Gasteiger partial charge in [0.2, 0.25) is 0 Å². The normalized spacial score (nSPS) is 11.3. The van der Waals surface area contributed by atoms with Gasteiger partial charge in [-0.2, -0.15) is 0 Å². The van der Waals surface area contributed by atoms with E-state index in [0.717, 1.165) is 30.2 Å². The van der Waals surface area contributed by atoms with Crippen LogP contribution in [-0.4, -0.2) is 31.9 Å². The van der Waals surface area contributed by atoms with Gasteiger partial charge in [-0.3, -0.25) is 14.7 Å². The second kappa shape index (κ2) is 8.77. The van der Waals surface area contributed by atoms with Gasteiger partial charge in [0.1, 0.15) is 11.6 Å². The van der Waals surface area contributed by atoms with Crippen molar-refractivity contribution < 1.29 is 13.6 Å². The first kappa shape index (κ1) is 21.7. The second-order valence-electron chi connectivity index (χ2n) is 7.46. The largest absolute Gasteiger partial charge is 0.333 e. The van der Waals surface area contributed by atoms with E-state index in [2.05, 4.69) is 10.1 Å². The fourth-order valence-corrected chi connectivity index (χ4v) is 3.54.